The standard InChI is InChI=1S/C11H14FN3O2/c1-2-9(10(13)15-17)11(16)14-8-5-3-7(12)4-6-8/h3-6,9,17H,2H2,1H3,(H2,13,15)(H,14,16). The van der Waals surface area contributed by atoms with Crippen LogP contribution >= 0.6 is 0 Å². The van der Waals surface area contributed by atoms with Crippen LogP contribution in [0.2, 0.25) is 0 Å². The summed E-state index contributed by atoms with van der Waals surface area (Å²) in [6, 6.07) is 5.35. The Hall–Kier alpha value is -2.11. The molecule has 0 saturated heterocycles. The van der Waals surface area contributed by atoms with Gasteiger partial charge in [-0.05, 0) is 30.7 Å². The number of hydrogen-bond donors (Lipinski definition) is 3. The molecule has 0 radical (unpaired) electrons. The fraction of sp³-hybridized carbons (Fsp3) is 0.273. The normalized spacial score (nSPS) is 13.2. The fourth-order valence-electron chi connectivity index (χ4n) is 1.36. The number of hydrogen-bond acceptors (Lipinski definition) is 3. The second-order valence-electron chi connectivity index (χ2n) is 3.48. The van der Waals surface area contributed by atoms with Crippen molar-refractivity contribution in [3.8, 4) is 0 Å². The third-order valence-electron chi connectivity index (χ3n) is 2.31. The van der Waals surface area contributed by atoms with Gasteiger partial charge in [-0.15, -0.1) is 0 Å². The number of rotatable bonds is 4. The summed E-state index contributed by atoms with van der Waals surface area (Å²) in [6.07, 6.45) is 0.406. The van der Waals surface area contributed by atoms with Crippen LogP contribution < -0.4 is 11.1 Å². The molecule has 0 bridgehead atoms. The molecular formula is C11H14FN3O2. The van der Waals surface area contributed by atoms with E-state index < -0.39 is 11.8 Å². The van der Waals surface area contributed by atoms with E-state index in [-0.39, 0.29) is 11.7 Å². The van der Waals surface area contributed by atoms with Crippen molar-refractivity contribution >= 4 is 17.4 Å². The lowest BCUT2D eigenvalue weighted by molar-refractivity contribution is -0.118. The van der Waals surface area contributed by atoms with E-state index in [1.807, 2.05) is 0 Å². The molecule has 1 unspecified atom stereocenters. The number of nitrogens with two attached hydrogens (primary N) is 1. The van der Waals surface area contributed by atoms with Crippen LogP contribution in [0.1, 0.15) is 13.3 Å². The van der Waals surface area contributed by atoms with Gasteiger partial charge in [0.15, 0.2) is 5.84 Å². The molecule has 1 rings (SSSR count). The zero-order valence-electron chi connectivity index (χ0n) is 9.35. The molecule has 1 atom stereocenters. The molecule has 0 aliphatic rings. The number of oxime groups is 1. The Balaban J connectivity index is 2.74. The topological polar surface area (TPSA) is 87.7 Å². The van der Waals surface area contributed by atoms with Gasteiger partial charge in [-0.25, -0.2) is 4.39 Å². The average Bonchev–Trinajstić information content (AvgIpc) is 2.32. The number of carbonyl (C=O) groups is 1. The zero-order chi connectivity index (χ0) is 12.8. The Morgan fingerprint density at radius 1 is 1.53 bits per heavy atom. The number of halogens is 1. The molecule has 0 heterocycles. The Labute approximate surface area is 98.1 Å². The number of benzene rings is 1. The van der Waals surface area contributed by atoms with Crippen LogP contribution in [0.15, 0.2) is 29.4 Å². The van der Waals surface area contributed by atoms with Gasteiger partial charge in [0.25, 0.3) is 0 Å². The molecule has 0 aliphatic carbocycles. The lowest BCUT2D eigenvalue weighted by Gasteiger charge is -2.13. The minimum atomic E-state index is -0.704. The third kappa shape index (κ3) is 3.44. The van der Waals surface area contributed by atoms with E-state index in [0.717, 1.165) is 0 Å². The summed E-state index contributed by atoms with van der Waals surface area (Å²) in [5.74, 6) is -1.63. The first-order valence-corrected chi connectivity index (χ1v) is 5.12. The maximum absolute atomic E-state index is 12.6. The number of amides is 1. The first-order valence-electron chi connectivity index (χ1n) is 5.12. The molecule has 1 aromatic carbocycles. The van der Waals surface area contributed by atoms with Crippen molar-refractivity contribution in [2.24, 2.45) is 16.8 Å². The summed E-state index contributed by atoms with van der Waals surface area (Å²) < 4.78 is 12.6. The Kier molecular flexibility index (Phi) is 4.45. The van der Waals surface area contributed by atoms with Gasteiger partial charge in [0.1, 0.15) is 5.82 Å². The monoisotopic (exact) mass is 239 g/mol. The number of anilines is 1. The predicted molar refractivity (Wildman–Crippen MR) is 62.2 cm³/mol. The number of amidine groups is 1. The van der Waals surface area contributed by atoms with Crippen molar-refractivity contribution in [1.29, 1.82) is 0 Å². The Morgan fingerprint density at radius 2 is 2.12 bits per heavy atom. The van der Waals surface area contributed by atoms with Crippen LogP contribution in [-0.2, 0) is 4.79 Å². The summed E-state index contributed by atoms with van der Waals surface area (Å²) in [5.41, 5.74) is 5.84. The van der Waals surface area contributed by atoms with Gasteiger partial charge in [0, 0.05) is 5.69 Å². The summed E-state index contributed by atoms with van der Waals surface area (Å²) >= 11 is 0. The molecule has 6 heteroatoms. The van der Waals surface area contributed by atoms with Crippen molar-refractivity contribution in [1.82, 2.24) is 0 Å². The molecule has 1 aromatic rings. The second kappa shape index (κ2) is 5.83. The highest BCUT2D eigenvalue weighted by molar-refractivity contribution is 6.07. The highest BCUT2D eigenvalue weighted by Crippen LogP contribution is 2.11. The lowest BCUT2D eigenvalue weighted by Crippen LogP contribution is -2.34. The highest BCUT2D eigenvalue weighted by atomic mass is 19.1. The van der Waals surface area contributed by atoms with Crippen LogP contribution in [0.5, 0.6) is 0 Å². The van der Waals surface area contributed by atoms with E-state index in [4.69, 9.17) is 10.9 Å². The van der Waals surface area contributed by atoms with E-state index in [0.29, 0.717) is 12.1 Å². The summed E-state index contributed by atoms with van der Waals surface area (Å²) in [6.45, 7) is 1.74. The molecule has 1 amide bonds. The predicted octanol–water partition coefficient (Wildman–Crippen LogP) is 1.54. The maximum Gasteiger partial charge on any atom is 0.235 e. The molecule has 0 spiro atoms. The molecule has 0 aromatic heterocycles. The van der Waals surface area contributed by atoms with Crippen molar-refractivity contribution in [3.63, 3.8) is 0 Å². The SMILES string of the molecule is CCC(C(=O)Nc1ccc(F)cc1)C(N)=NO. The van der Waals surface area contributed by atoms with Crippen LogP contribution in [0.3, 0.4) is 0 Å². The average molecular weight is 239 g/mol. The van der Waals surface area contributed by atoms with Crippen LogP contribution in [0.25, 0.3) is 0 Å². The summed E-state index contributed by atoms with van der Waals surface area (Å²) in [5, 5.41) is 13.9. The van der Waals surface area contributed by atoms with Crippen molar-refractivity contribution in [2.45, 2.75) is 13.3 Å². The molecule has 0 aliphatic heterocycles. The first-order chi connectivity index (χ1) is 8.08. The van der Waals surface area contributed by atoms with Crippen molar-refractivity contribution in [2.75, 3.05) is 5.32 Å². The van der Waals surface area contributed by atoms with E-state index in [9.17, 15) is 9.18 Å². The van der Waals surface area contributed by atoms with E-state index in [2.05, 4.69) is 10.5 Å². The smallest absolute Gasteiger partial charge is 0.235 e. The van der Waals surface area contributed by atoms with E-state index >= 15 is 0 Å². The minimum Gasteiger partial charge on any atom is -0.409 e. The minimum absolute atomic E-state index is 0.146. The molecule has 0 saturated carbocycles. The van der Waals surface area contributed by atoms with Gasteiger partial charge in [0.05, 0.1) is 5.92 Å². The third-order valence-corrected chi connectivity index (χ3v) is 2.31. The molecule has 92 valence electrons. The highest BCUT2D eigenvalue weighted by Gasteiger charge is 2.21. The van der Waals surface area contributed by atoms with E-state index in [1.54, 1.807) is 6.92 Å². The van der Waals surface area contributed by atoms with Gasteiger partial charge in [-0.1, -0.05) is 12.1 Å². The van der Waals surface area contributed by atoms with E-state index in [1.165, 1.54) is 24.3 Å². The van der Waals surface area contributed by atoms with Gasteiger partial charge >= 0.3 is 0 Å². The molecule has 0 fully saturated rings. The number of nitrogens with zero attached hydrogens (tertiary/aromatic N) is 1. The molecule has 5 nitrogen and oxygen atoms in total. The van der Waals surface area contributed by atoms with Gasteiger partial charge in [-0.2, -0.15) is 0 Å². The first kappa shape index (κ1) is 13.0. The number of nitrogens with one attached hydrogen (secondary N) is 1. The van der Waals surface area contributed by atoms with Crippen molar-refractivity contribution in [3.05, 3.63) is 30.1 Å². The Bertz CT molecular complexity index is 417. The molecule has 4 N–H and O–H groups in total. The van der Waals surface area contributed by atoms with Gasteiger partial charge in [-0.3, -0.25) is 4.79 Å². The summed E-state index contributed by atoms with van der Waals surface area (Å²) in [7, 11) is 0. The lowest BCUT2D eigenvalue weighted by atomic mass is 10.0. The number of carbonyl (C=O) groups excluding carboxylic acids is 1. The van der Waals surface area contributed by atoms with Crippen LogP contribution in [0, 0.1) is 11.7 Å². The Morgan fingerprint density at radius 3 is 2.59 bits per heavy atom. The largest absolute Gasteiger partial charge is 0.409 e. The second-order valence-corrected chi connectivity index (χ2v) is 3.48. The van der Waals surface area contributed by atoms with Gasteiger partial charge in [0.2, 0.25) is 5.91 Å². The van der Waals surface area contributed by atoms with Gasteiger partial charge < -0.3 is 16.3 Å². The quantitative estimate of drug-likeness (QED) is 0.322. The fourth-order valence-corrected chi connectivity index (χ4v) is 1.36. The van der Waals surface area contributed by atoms with Crippen molar-refractivity contribution < 1.29 is 14.4 Å². The summed E-state index contributed by atoms with van der Waals surface area (Å²) in [4.78, 5) is 11.8. The zero-order valence-corrected chi connectivity index (χ0v) is 9.35. The maximum atomic E-state index is 12.6. The van der Waals surface area contributed by atoms with Crippen LogP contribution in [0.4, 0.5) is 10.1 Å². The molecule has 17 heavy (non-hydrogen) atoms. The van der Waals surface area contributed by atoms with Crippen LogP contribution in [-0.4, -0.2) is 17.0 Å². The molecular weight excluding hydrogens is 225 g/mol.